The smallest absolute Gasteiger partial charge is 0.292 e. The van der Waals surface area contributed by atoms with Crippen molar-refractivity contribution in [2.45, 2.75) is 20.4 Å². The summed E-state index contributed by atoms with van der Waals surface area (Å²) in [5.74, 6) is -0.417. The van der Waals surface area contributed by atoms with E-state index in [1.807, 2.05) is 56.3 Å². The van der Waals surface area contributed by atoms with Crippen molar-refractivity contribution in [1.29, 1.82) is 0 Å². The Hall–Kier alpha value is -4.12. The van der Waals surface area contributed by atoms with Crippen LogP contribution in [0.25, 0.3) is 16.6 Å². The number of nitrogens with two attached hydrogens (primary N) is 1. The first-order valence-corrected chi connectivity index (χ1v) is 10.2. The maximum atomic E-state index is 13.1. The number of carbonyl (C=O) groups is 1. The molecule has 0 aliphatic rings. The van der Waals surface area contributed by atoms with E-state index in [0.29, 0.717) is 12.2 Å². The molecule has 0 radical (unpaired) electrons. The largest absolute Gasteiger partial charge is 0.378 e. The Bertz CT molecular complexity index is 1250. The molecule has 2 aromatic carbocycles. The van der Waals surface area contributed by atoms with Crippen LogP contribution in [0.2, 0.25) is 0 Å². The van der Waals surface area contributed by atoms with Crippen LogP contribution in [0.3, 0.4) is 0 Å². The summed E-state index contributed by atoms with van der Waals surface area (Å²) in [6.07, 6.45) is 1.60. The molecule has 1 amide bonds. The van der Waals surface area contributed by atoms with Gasteiger partial charge in [0, 0.05) is 12.1 Å². The number of hydrazone groups is 1. The Morgan fingerprint density at radius 2 is 1.97 bits per heavy atom. The van der Waals surface area contributed by atoms with Gasteiger partial charge >= 0.3 is 0 Å². The van der Waals surface area contributed by atoms with Gasteiger partial charge in [0.05, 0.1) is 6.21 Å². The number of nitrogens with one attached hydrogen (secondary N) is 1. The molecule has 32 heavy (non-hydrogen) atoms. The van der Waals surface area contributed by atoms with Crippen molar-refractivity contribution >= 4 is 28.7 Å². The number of fused-ring (bicyclic) bond motifs is 1. The number of benzene rings is 2. The summed E-state index contributed by atoms with van der Waals surface area (Å²) < 4.78 is 5.88. The Balaban J connectivity index is 1.63. The van der Waals surface area contributed by atoms with E-state index in [1.165, 1.54) is 4.68 Å². The monoisotopic (exact) mass is 433 g/mol. The zero-order valence-corrected chi connectivity index (χ0v) is 17.8. The number of amides is 1. The van der Waals surface area contributed by atoms with Crippen molar-refractivity contribution < 1.29 is 9.42 Å². The summed E-state index contributed by atoms with van der Waals surface area (Å²) in [6.45, 7) is 6.06. The number of hydrogen-bond donors (Lipinski definition) is 2. The quantitative estimate of drug-likeness (QED) is 0.317. The molecule has 164 valence electrons. The van der Waals surface area contributed by atoms with Gasteiger partial charge < -0.3 is 5.73 Å². The van der Waals surface area contributed by atoms with Crippen molar-refractivity contribution in [3.63, 3.8) is 0 Å². The molecule has 0 unspecified atom stereocenters. The molecule has 0 saturated carbocycles. The molecular formula is C21H23N9O2. The molecule has 0 spiro atoms. The topological polar surface area (TPSA) is 140 Å². The van der Waals surface area contributed by atoms with Crippen LogP contribution in [-0.2, 0) is 6.54 Å². The fourth-order valence-corrected chi connectivity index (χ4v) is 3.37. The molecule has 0 aliphatic heterocycles. The summed E-state index contributed by atoms with van der Waals surface area (Å²) >= 11 is 0. The number of hydrogen-bond acceptors (Lipinski definition) is 9. The first kappa shape index (κ1) is 21.1. The summed E-state index contributed by atoms with van der Waals surface area (Å²) in [5.41, 5.74) is 9.87. The van der Waals surface area contributed by atoms with Crippen LogP contribution in [-0.4, -0.2) is 55.4 Å². The summed E-state index contributed by atoms with van der Waals surface area (Å²) in [7, 11) is 0. The highest BCUT2D eigenvalue weighted by molar-refractivity contribution is 6.00. The van der Waals surface area contributed by atoms with Crippen LogP contribution in [0.1, 0.15) is 35.6 Å². The average Bonchev–Trinajstić information content (AvgIpc) is 3.43. The second kappa shape index (κ2) is 9.35. The number of carbonyl (C=O) groups excluding carboxylic acids is 1. The van der Waals surface area contributed by atoms with Gasteiger partial charge in [-0.15, -0.1) is 5.10 Å². The minimum Gasteiger partial charge on any atom is -0.378 e. The number of nitrogen functional groups attached to an aromatic ring is 1. The molecule has 2 aromatic heterocycles. The summed E-state index contributed by atoms with van der Waals surface area (Å²) in [4.78, 5) is 15.2. The molecule has 4 rings (SSSR count). The van der Waals surface area contributed by atoms with Crippen molar-refractivity contribution in [1.82, 2.24) is 35.6 Å². The predicted molar refractivity (Wildman–Crippen MR) is 119 cm³/mol. The number of anilines is 1. The van der Waals surface area contributed by atoms with Gasteiger partial charge in [-0.25, -0.2) is 10.1 Å². The van der Waals surface area contributed by atoms with E-state index in [4.69, 9.17) is 5.73 Å². The van der Waals surface area contributed by atoms with Gasteiger partial charge in [0.1, 0.15) is 5.69 Å². The number of nitrogens with zero attached hydrogens (tertiary/aromatic N) is 7. The molecule has 0 saturated heterocycles. The van der Waals surface area contributed by atoms with Gasteiger partial charge in [-0.2, -0.15) is 9.78 Å². The van der Waals surface area contributed by atoms with Crippen LogP contribution in [0.15, 0.2) is 52.2 Å². The van der Waals surface area contributed by atoms with Gasteiger partial charge in [-0.05, 0) is 34.2 Å². The lowest BCUT2D eigenvalue weighted by Crippen LogP contribution is -2.27. The van der Waals surface area contributed by atoms with Crippen LogP contribution < -0.4 is 11.2 Å². The van der Waals surface area contributed by atoms with Crippen LogP contribution in [0.4, 0.5) is 5.82 Å². The highest BCUT2D eigenvalue weighted by Gasteiger charge is 2.25. The Morgan fingerprint density at radius 3 is 2.72 bits per heavy atom. The highest BCUT2D eigenvalue weighted by atomic mass is 16.6. The van der Waals surface area contributed by atoms with Gasteiger partial charge in [-0.1, -0.05) is 61.5 Å². The van der Waals surface area contributed by atoms with E-state index < -0.39 is 5.91 Å². The van der Waals surface area contributed by atoms with Gasteiger partial charge in [0.25, 0.3) is 5.91 Å². The molecule has 11 heteroatoms. The second-order valence-corrected chi connectivity index (χ2v) is 7.00. The lowest BCUT2D eigenvalue weighted by molar-refractivity contribution is 0.0945. The minimum atomic E-state index is -0.504. The SMILES string of the molecule is CCN(CC)Cc1nnn(-c2nonc2N)c1C(=O)N/N=C/c1cccc2ccccc12. The van der Waals surface area contributed by atoms with Gasteiger partial charge in [0.15, 0.2) is 5.69 Å². The van der Waals surface area contributed by atoms with E-state index >= 15 is 0 Å². The second-order valence-electron chi connectivity index (χ2n) is 7.00. The zero-order valence-electron chi connectivity index (χ0n) is 17.8. The molecule has 11 nitrogen and oxygen atoms in total. The maximum absolute atomic E-state index is 13.1. The zero-order chi connectivity index (χ0) is 22.5. The summed E-state index contributed by atoms with van der Waals surface area (Å²) in [5, 5.41) is 21.8. The Labute approximate surface area is 183 Å². The number of rotatable bonds is 8. The van der Waals surface area contributed by atoms with Gasteiger partial charge in [0.2, 0.25) is 11.6 Å². The predicted octanol–water partition coefficient (Wildman–Crippen LogP) is 1.99. The molecule has 4 aromatic rings. The van der Waals surface area contributed by atoms with E-state index in [-0.39, 0.29) is 17.3 Å². The van der Waals surface area contributed by atoms with Crippen molar-refractivity contribution in [3.05, 3.63) is 59.4 Å². The molecule has 2 heterocycles. The van der Waals surface area contributed by atoms with E-state index in [9.17, 15) is 4.79 Å². The third-order valence-electron chi connectivity index (χ3n) is 5.11. The average molecular weight is 433 g/mol. The lowest BCUT2D eigenvalue weighted by Gasteiger charge is -2.16. The summed E-state index contributed by atoms with van der Waals surface area (Å²) in [6, 6.07) is 13.8. The molecule has 0 atom stereocenters. The van der Waals surface area contributed by atoms with Crippen LogP contribution in [0, 0.1) is 0 Å². The molecular weight excluding hydrogens is 410 g/mol. The van der Waals surface area contributed by atoms with Crippen molar-refractivity contribution in [2.24, 2.45) is 5.10 Å². The molecule has 0 fully saturated rings. The third-order valence-corrected chi connectivity index (χ3v) is 5.11. The standard InChI is InChI=1S/C21H23N9O2/c1-3-29(4-2)13-17-18(30(28-24-17)20-19(22)26-32-27-20)21(31)25-23-12-15-10-7-9-14-8-5-6-11-16(14)15/h5-12H,3-4,13H2,1-2H3,(H2,22,26)(H,25,31)/b23-12+. The fourth-order valence-electron chi connectivity index (χ4n) is 3.37. The Kier molecular flexibility index (Phi) is 6.17. The minimum absolute atomic E-state index is 0.00223. The van der Waals surface area contributed by atoms with Crippen molar-refractivity contribution in [3.8, 4) is 5.82 Å². The van der Waals surface area contributed by atoms with Crippen LogP contribution in [0.5, 0.6) is 0 Å². The molecule has 0 bridgehead atoms. The van der Waals surface area contributed by atoms with E-state index in [2.05, 4.69) is 40.7 Å². The first-order valence-electron chi connectivity index (χ1n) is 10.2. The van der Waals surface area contributed by atoms with Crippen LogP contribution >= 0.6 is 0 Å². The molecule has 0 aliphatic carbocycles. The molecule has 3 N–H and O–H groups in total. The normalized spacial score (nSPS) is 11.6. The van der Waals surface area contributed by atoms with E-state index in [0.717, 1.165) is 29.4 Å². The fraction of sp³-hybridized carbons (Fsp3) is 0.238. The van der Waals surface area contributed by atoms with E-state index in [1.54, 1.807) is 6.21 Å². The van der Waals surface area contributed by atoms with Crippen molar-refractivity contribution in [2.75, 3.05) is 18.8 Å². The first-order chi connectivity index (χ1) is 15.6. The number of aromatic nitrogens is 5. The highest BCUT2D eigenvalue weighted by Crippen LogP contribution is 2.18. The lowest BCUT2D eigenvalue weighted by atomic mass is 10.1. The third kappa shape index (κ3) is 4.18. The maximum Gasteiger partial charge on any atom is 0.292 e. The van der Waals surface area contributed by atoms with Gasteiger partial charge in [-0.3, -0.25) is 9.69 Å². The Morgan fingerprint density at radius 1 is 1.19 bits per heavy atom.